The van der Waals surface area contributed by atoms with E-state index in [1.807, 2.05) is 17.0 Å². The van der Waals surface area contributed by atoms with E-state index in [9.17, 15) is 30.5 Å². The molecule has 0 unspecified atom stereocenters. The first-order valence-electron chi connectivity index (χ1n) is 11.8. The second-order valence-corrected chi connectivity index (χ2v) is 8.83. The van der Waals surface area contributed by atoms with E-state index in [-0.39, 0.29) is 23.8 Å². The molecule has 4 atom stereocenters. The summed E-state index contributed by atoms with van der Waals surface area (Å²) in [5.41, 5.74) is 1.60. The Hall–Kier alpha value is -2.02. The smallest absolute Gasteiger partial charge is 0.292 e. The summed E-state index contributed by atoms with van der Waals surface area (Å²) >= 11 is 0. The lowest BCUT2D eigenvalue weighted by Gasteiger charge is -2.43. The van der Waals surface area contributed by atoms with Crippen LogP contribution in [-0.4, -0.2) is 107 Å². The Morgan fingerprint density at radius 3 is 2.52 bits per heavy atom. The van der Waals surface area contributed by atoms with E-state index in [0.717, 1.165) is 57.5 Å². The van der Waals surface area contributed by atoms with Crippen molar-refractivity contribution in [3.63, 3.8) is 0 Å². The van der Waals surface area contributed by atoms with Crippen LogP contribution in [0.2, 0.25) is 0 Å². The zero-order chi connectivity index (χ0) is 23.8. The van der Waals surface area contributed by atoms with E-state index in [0.29, 0.717) is 18.8 Å². The van der Waals surface area contributed by atoms with Gasteiger partial charge in [0, 0.05) is 51.0 Å². The van der Waals surface area contributed by atoms with Crippen LogP contribution < -0.4 is 15.5 Å². The van der Waals surface area contributed by atoms with Gasteiger partial charge in [-0.1, -0.05) is 12.8 Å². The summed E-state index contributed by atoms with van der Waals surface area (Å²) < 4.78 is 0. The summed E-state index contributed by atoms with van der Waals surface area (Å²) in [6.45, 7) is 4.72. The van der Waals surface area contributed by atoms with Crippen LogP contribution in [0, 0.1) is 10.1 Å². The highest BCUT2D eigenvalue weighted by Gasteiger charge is 2.40. The molecule has 33 heavy (non-hydrogen) atoms. The number of benzene rings is 1. The fourth-order valence-electron chi connectivity index (χ4n) is 4.60. The molecule has 2 aliphatic rings. The van der Waals surface area contributed by atoms with Crippen molar-refractivity contribution in [2.75, 3.05) is 62.6 Å². The van der Waals surface area contributed by atoms with Gasteiger partial charge in [0.1, 0.15) is 17.9 Å². The molecule has 186 valence electrons. The van der Waals surface area contributed by atoms with Crippen molar-refractivity contribution >= 4 is 17.1 Å². The molecule has 2 saturated heterocycles. The quantitative estimate of drug-likeness (QED) is 0.146. The number of nitrogens with zero attached hydrogens (tertiary/aromatic N) is 3. The molecule has 11 nitrogen and oxygen atoms in total. The lowest BCUT2D eigenvalue weighted by Crippen LogP contribution is -2.62. The van der Waals surface area contributed by atoms with Gasteiger partial charge in [-0.15, -0.1) is 0 Å². The van der Waals surface area contributed by atoms with E-state index in [1.165, 1.54) is 0 Å². The molecule has 0 aliphatic carbocycles. The van der Waals surface area contributed by atoms with Crippen LogP contribution in [0.3, 0.4) is 0 Å². The first kappa shape index (κ1) is 25.6. The number of piperazine rings is 1. The summed E-state index contributed by atoms with van der Waals surface area (Å²) in [6, 6.07) is 4.66. The van der Waals surface area contributed by atoms with Crippen LogP contribution in [0.1, 0.15) is 25.7 Å². The van der Waals surface area contributed by atoms with Gasteiger partial charge < -0.3 is 36.0 Å². The minimum Gasteiger partial charge on any atom is -0.395 e. The summed E-state index contributed by atoms with van der Waals surface area (Å²) in [6.07, 6.45) is 0.0686. The molecule has 6 N–H and O–H groups in total. The third kappa shape index (κ3) is 6.75. The molecule has 0 aromatic heterocycles. The Bertz CT molecular complexity index is 763. The van der Waals surface area contributed by atoms with E-state index in [2.05, 4.69) is 15.5 Å². The molecule has 0 spiro atoms. The number of hydrogen-bond donors (Lipinski definition) is 6. The van der Waals surface area contributed by atoms with Crippen molar-refractivity contribution in [2.45, 2.75) is 50.0 Å². The summed E-state index contributed by atoms with van der Waals surface area (Å²) in [4.78, 5) is 15.1. The number of hydrogen-bond acceptors (Lipinski definition) is 10. The fourth-order valence-corrected chi connectivity index (χ4v) is 4.60. The lowest BCUT2D eigenvalue weighted by molar-refractivity contribution is -0.383. The predicted molar refractivity (Wildman–Crippen MR) is 126 cm³/mol. The number of piperidine rings is 1. The van der Waals surface area contributed by atoms with Gasteiger partial charge in [-0.05, 0) is 31.5 Å². The molecule has 0 bridgehead atoms. The number of rotatable bonds is 11. The van der Waals surface area contributed by atoms with Gasteiger partial charge in [0.25, 0.3) is 5.69 Å². The second kappa shape index (κ2) is 12.4. The monoisotopic (exact) mass is 467 g/mol. The molecule has 1 aromatic carbocycles. The average Bonchev–Trinajstić information content (AvgIpc) is 2.82. The molecule has 2 aliphatic heterocycles. The van der Waals surface area contributed by atoms with Crippen LogP contribution in [0.4, 0.5) is 17.1 Å². The first-order chi connectivity index (χ1) is 15.9. The average molecular weight is 468 g/mol. The number of anilines is 2. The predicted octanol–water partition coefficient (Wildman–Crippen LogP) is -0.264. The zero-order valence-corrected chi connectivity index (χ0v) is 19.0. The van der Waals surface area contributed by atoms with Crippen LogP contribution >= 0.6 is 0 Å². The number of β-amino-alcohol motifs (C(OH)–C–C–N with tert-alkyl or cyclic N) is 1. The third-order valence-corrected chi connectivity index (χ3v) is 6.56. The molecular weight excluding hydrogens is 430 g/mol. The fraction of sp³-hybridized carbons (Fsp3) is 0.727. The van der Waals surface area contributed by atoms with Gasteiger partial charge >= 0.3 is 0 Å². The summed E-state index contributed by atoms with van der Waals surface area (Å²) in [7, 11) is 0. The number of nitrogens with one attached hydrogen (secondary N) is 2. The topological polar surface area (TPSA) is 155 Å². The van der Waals surface area contributed by atoms with Gasteiger partial charge in [0.2, 0.25) is 0 Å². The summed E-state index contributed by atoms with van der Waals surface area (Å²) in [5, 5.41) is 57.2. The molecule has 2 heterocycles. The Labute approximate surface area is 194 Å². The number of nitro benzene ring substituents is 1. The van der Waals surface area contributed by atoms with Crippen molar-refractivity contribution in [3.05, 3.63) is 28.3 Å². The molecule has 3 rings (SSSR count). The van der Waals surface area contributed by atoms with E-state index >= 15 is 0 Å². The van der Waals surface area contributed by atoms with E-state index < -0.39 is 24.4 Å². The number of unbranched alkanes of at least 4 members (excludes halogenated alkanes) is 3. The van der Waals surface area contributed by atoms with Gasteiger partial charge in [0.05, 0.1) is 23.7 Å². The molecule has 0 saturated carbocycles. The van der Waals surface area contributed by atoms with Crippen molar-refractivity contribution in [1.29, 1.82) is 0 Å². The third-order valence-electron chi connectivity index (χ3n) is 6.56. The highest BCUT2D eigenvalue weighted by atomic mass is 16.6. The number of likely N-dealkylation sites (tertiary alicyclic amines) is 1. The highest BCUT2D eigenvalue weighted by molar-refractivity contribution is 5.69. The van der Waals surface area contributed by atoms with Crippen molar-refractivity contribution < 1.29 is 25.3 Å². The standard InChI is InChI=1S/C22H37N5O6/c28-15-19-21(30)22(31)20(29)14-26(19)10-4-2-1-3-7-24-17-13-16(5-6-18(17)27(32)33)25-11-8-23-9-12-25/h5-6,13,19-24,28-31H,1-4,7-12,14-15H2/t19-,20+,21-,22-/m1/s1. The van der Waals surface area contributed by atoms with Gasteiger partial charge in [-0.25, -0.2) is 0 Å². The Morgan fingerprint density at radius 1 is 1.09 bits per heavy atom. The summed E-state index contributed by atoms with van der Waals surface area (Å²) in [5.74, 6) is 0. The Kier molecular flexibility index (Phi) is 9.65. The van der Waals surface area contributed by atoms with Crippen molar-refractivity contribution in [3.8, 4) is 0 Å². The van der Waals surface area contributed by atoms with Gasteiger partial charge in [-0.3, -0.25) is 15.0 Å². The maximum atomic E-state index is 11.4. The van der Waals surface area contributed by atoms with Crippen LogP contribution in [0.15, 0.2) is 18.2 Å². The molecule has 1 aromatic rings. The molecular formula is C22H37N5O6. The molecule has 0 radical (unpaired) electrons. The largest absolute Gasteiger partial charge is 0.395 e. The maximum Gasteiger partial charge on any atom is 0.292 e. The van der Waals surface area contributed by atoms with E-state index in [1.54, 1.807) is 6.07 Å². The molecule has 2 fully saturated rings. The normalized spacial score (nSPS) is 26.4. The second-order valence-electron chi connectivity index (χ2n) is 8.83. The lowest BCUT2D eigenvalue weighted by atomic mass is 9.94. The maximum absolute atomic E-state index is 11.4. The van der Waals surface area contributed by atoms with Crippen LogP contribution in [0.5, 0.6) is 0 Å². The zero-order valence-electron chi connectivity index (χ0n) is 19.0. The molecule has 0 amide bonds. The van der Waals surface area contributed by atoms with Gasteiger partial charge in [-0.2, -0.15) is 0 Å². The van der Waals surface area contributed by atoms with Gasteiger partial charge in [0.15, 0.2) is 0 Å². The van der Waals surface area contributed by atoms with Crippen LogP contribution in [0.25, 0.3) is 0 Å². The number of nitro groups is 1. The first-order valence-corrected chi connectivity index (χ1v) is 11.8. The van der Waals surface area contributed by atoms with Crippen molar-refractivity contribution in [1.82, 2.24) is 10.2 Å². The minimum atomic E-state index is -1.24. The number of aliphatic hydroxyl groups excluding tert-OH is 4. The Balaban J connectivity index is 1.42. The SMILES string of the molecule is O=[N+]([O-])c1ccc(N2CCNCC2)cc1NCCCCCCN1C[C@H](O)[C@@H](O)[C@H](O)[C@H]1CO. The van der Waals surface area contributed by atoms with Crippen molar-refractivity contribution in [2.24, 2.45) is 0 Å². The van der Waals surface area contributed by atoms with E-state index in [4.69, 9.17) is 0 Å². The minimum absolute atomic E-state index is 0.0772. The van der Waals surface area contributed by atoms with Crippen LogP contribution in [-0.2, 0) is 0 Å². The molecule has 11 heteroatoms. The highest BCUT2D eigenvalue weighted by Crippen LogP contribution is 2.30. The Morgan fingerprint density at radius 2 is 1.82 bits per heavy atom. The number of aliphatic hydroxyl groups is 4.